The largest absolute Gasteiger partial charge is 0.345 e. The van der Waals surface area contributed by atoms with Crippen molar-refractivity contribution in [3.63, 3.8) is 0 Å². The lowest BCUT2D eigenvalue weighted by atomic mass is 10.1. The van der Waals surface area contributed by atoms with Crippen molar-refractivity contribution in [1.29, 1.82) is 0 Å². The number of hydrogen-bond donors (Lipinski definition) is 3. The van der Waals surface area contributed by atoms with E-state index in [-0.39, 0.29) is 4.99 Å². The fraction of sp³-hybridized carbons (Fsp3) is 0.0833. The first-order valence-corrected chi connectivity index (χ1v) is 8.98. The predicted molar refractivity (Wildman–Crippen MR) is 88.6 cm³/mol. The molecule has 10 heteroatoms. The van der Waals surface area contributed by atoms with E-state index in [0.29, 0.717) is 5.69 Å². The Labute approximate surface area is 132 Å². The highest BCUT2D eigenvalue weighted by molar-refractivity contribution is 7.80. The van der Waals surface area contributed by atoms with Crippen molar-refractivity contribution in [2.75, 3.05) is 5.32 Å². The van der Waals surface area contributed by atoms with E-state index in [1.807, 2.05) is 30.3 Å². The van der Waals surface area contributed by atoms with E-state index in [1.165, 1.54) is 0 Å². The first-order chi connectivity index (χ1) is 10.5. The van der Waals surface area contributed by atoms with Gasteiger partial charge in [0.2, 0.25) is 6.29 Å². The maximum Gasteiger partial charge on any atom is 0.319 e. The van der Waals surface area contributed by atoms with Crippen molar-refractivity contribution in [1.82, 2.24) is 0 Å². The number of thiocarbonyl (C=S) groups is 1. The van der Waals surface area contributed by atoms with Crippen molar-refractivity contribution in [3.05, 3.63) is 42.5 Å². The zero-order valence-corrected chi connectivity index (χ0v) is 13.9. The highest BCUT2D eigenvalue weighted by Gasteiger charge is 2.21. The second-order valence-electron chi connectivity index (χ2n) is 4.12. The van der Waals surface area contributed by atoms with Gasteiger partial charge >= 0.3 is 16.5 Å². The molecule has 0 fully saturated rings. The highest BCUT2D eigenvalue weighted by Crippen LogP contribution is 2.29. The number of nitrogens with one attached hydrogen (secondary N) is 1. The normalized spacial score (nSPS) is 15.2. The number of benzene rings is 2. The molecule has 0 aliphatic carbocycles. The molecule has 0 aliphatic heterocycles. The SMILES string of the molecule is O=[PH](O)OC(O[PH](=O)O)C(=S)Nc1cccc2ccccc12. The lowest BCUT2D eigenvalue weighted by molar-refractivity contribution is 0.0604. The number of hydrogen-bond acceptors (Lipinski definition) is 5. The van der Waals surface area contributed by atoms with Crippen LogP contribution in [-0.2, 0) is 18.2 Å². The molecule has 0 bridgehead atoms. The summed E-state index contributed by atoms with van der Waals surface area (Å²) >= 11 is 5.03. The van der Waals surface area contributed by atoms with E-state index >= 15 is 0 Å². The zero-order chi connectivity index (χ0) is 16.1. The van der Waals surface area contributed by atoms with Gasteiger partial charge in [0.15, 0.2) is 0 Å². The summed E-state index contributed by atoms with van der Waals surface area (Å²) in [5.74, 6) is 0. The van der Waals surface area contributed by atoms with E-state index in [2.05, 4.69) is 14.4 Å². The van der Waals surface area contributed by atoms with Crippen molar-refractivity contribution < 1.29 is 28.0 Å². The van der Waals surface area contributed by atoms with E-state index in [4.69, 9.17) is 22.0 Å². The monoisotopic (exact) mass is 361 g/mol. The average Bonchev–Trinajstić information content (AvgIpc) is 2.46. The Balaban J connectivity index is 2.24. The third-order valence-electron chi connectivity index (χ3n) is 2.68. The second-order valence-corrected chi connectivity index (χ2v) is 6.09. The minimum atomic E-state index is -3.39. The lowest BCUT2D eigenvalue weighted by Gasteiger charge is -2.18. The van der Waals surface area contributed by atoms with E-state index in [0.717, 1.165) is 10.8 Å². The molecule has 2 rings (SSSR count). The van der Waals surface area contributed by atoms with E-state index in [1.54, 1.807) is 12.1 Å². The summed E-state index contributed by atoms with van der Waals surface area (Å²) in [6.07, 6.45) is -1.58. The summed E-state index contributed by atoms with van der Waals surface area (Å²) in [6, 6.07) is 13.0. The summed E-state index contributed by atoms with van der Waals surface area (Å²) < 4.78 is 30.7. The van der Waals surface area contributed by atoms with Crippen LogP contribution < -0.4 is 5.32 Å². The van der Waals surface area contributed by atoms with Gasteiger partial charge < -0.3 is 15.1 Å². The number of fused-ring (bicyclic) bond motifs is 1. The summed E-state index contributed by atoms with van der Waals surface area (Å²) in [7, 11) is -6.79. The van der Waals surface area contributed by atoms with Crippen LogP contribution in [0.1, 0.15) is 0 Å². The van der Waals surface area contributed by atoms with Crippen molar-refractivity contribution in [3.8, 4) is 0 Å². The number of anilines is 1. The number of rotatable bonds is 6. The van der Waals surface area contributed by atoms with Crippen LogP contribution >= 0.6 is 28.7 Å². The van der Waals surface area contributed by atoms with E-state index in [9.17, 15) is 9.13 Å². The Kier molecular flexibility index (Phi) is 6.23. The summed E-state index contributed by atoms with van der Waals surface area (Å²) in [6.45, 7) is 0. The molecule has 2 aromatic carbocycles. The van der Waals surface area contributed by atoms with Crippen LogP contribution in [0, 0.1) is 0 Å². The molecule has 0 radical (unpaired) electrons. The maximum absolute atomic E-state index is 10.8. The van der Waals surface area contributed by atoms with Gasteiger partial charge in [-0.1, -0.05) is 48.6 Å². The van der Waals surface area contributed by atoms with Crippen LogP contribution in [0.15, 0.2) is 42.5 Å². The molecule has 118 valence electrons. The Morgan fingerprint density at radius 1 is 1.05 bits per heavy atom. The van der Waals surface area contributed by atoms with Gasteiger partial charge in [-0.2, -0.15) is 0 Å². The highest BCUT2D eigenvalue weighted by atomic mass is 32.1. The Morgan fingerprint density at radius 3 is 2.27 bits per heavy atom. The molecule has 2 aromatic rings. The molecular weight excluding hydrogens is 348 g/mol. The smallest absolute Gasteiger partial charge is 0.319 e. The van der Waals surface area contributed by atoms with Crippen LogP contribution in [0.3, 0.4) is 0 Å². The first kappa shape index (κ1) is 17.2. The minimum Gasteiger partial charge on any atom is -0.345 e. The zero-order valence-electron chi connectivity index (χ0n) is 11.1. The fourth-order valence-electron chi connectivity index (χ4n) is 1.84. The Hall–Kier alpha value is -1.11. The molecule has 0 spiro atoms. The fourth-order valence-corrected chi connectivity index (χ4v) is 3.01. The van der Waals surface area contributed by atoms with Crippen LogP contribution in [-0.4, -0.2) is 21.1 Å². The summed E-state index contributed by atoms with van der Waals surface area (Å²) in [5, 5.41) is 4.63. The minimum absolute atomic E-state index is 0.129. The van der Waals surface area contributed by atoms with Gasteiger partial charge in [0.25, 0.3) is 0 Å². The van der Waals surface area contributed by atoms with Gasteiger partial charge in [-0.3, -0.25) is 18.2 Å². The molecule has 0 heterocycles. The second kappa shape index (κ2) is 7.94. The molecule has 22 heavy (non-hydrogen) atoms. The third kappa shape index (κ3) is 4.69. The summed E-state index contributed by atoms with van der Waals surface area (Å²) in [5.41, 5.74) is 0.621. The van der Waals surface area contributed by atoms with Gasteiger partial charge in [0.1, 0.15) is 4.99 Å². The van der Waals surface area contributed by atoms with Crippen LogP contribution in [0.5, 0.6) is 0 Å². The van der Waals surface area contributed by atoms with Crippen LogP contribution in [0.2, 0.25) is 0 Å². The predicted octanol–water partition coefficient (Wildman–Crippen LogP) is 2.70. The maximum atomic E-state index is 10.8. The van der Waals surface area contributed by atoms with Gasteiger partial charge in [-0.05, 0) is 11.5 Å². The van der Waals surface area contributed by atoms with Gasteiger partial charge in [-0.15, -0.1) is 0 Å². The molecule has 0 aromatic heterocycles. The quantitative estimate of drug-likeness (QED) is 0.410. The van der Waals surface area contributed by atoms with Gasteiger partial charge in [0.05, 0.1) is 0 Å². The van der Waals surface area contributed by atoms with Crippen molar-refractivity contribution >= 4 is 50.2 Å². The van der Waals surface area contributed by atoms with Gasteiger partial charge in [-0.25, -0.2) is 0 Å². The Morgan fingerprint density at radius 2 is 1.64 bits per heavy atom. The lowest BCUT2D eigenvalue weighted by Crippen LogP contribution is -2.28. The molecular formula is C12H13NO6P2S. The molecule has 3 N–H and O–H groups in total. The van der Waals surface area contributed by atoms with Crippen molar-refractivity contribution in [2.45, 2.75) is 6.29 Å². The molecule has 2 atom stereocenters. The van der Waals surface area contributed by atoms with Crippen molar-refractivity contribution in [2.24, 2.45) is 0 Å². The molecule has 0 aliphatic rings. The Bertz CT molecular complexity index is 719. The topological polar surface area (TPSA) is 105 Å². The standard InChI is InChI=1S/C12H13NO6P2S/c14-20(15)18-12(19-21(16)17)11(22)13-10-7-3-5-8-4-1-2-6-9(8)10/h1-7,12,20-21H,(H,13,22)(H,14,15)(H,16,17). The first-order valence-electron chi connectivity index (χ1n) is 6.05. The molecule has 7 nitrogen and oxygen atoms in total. The molecule has 0 amide bonds. The average molecular weight is 361 g/mol. The third-order valence-corrected chi connectivity index (χ3v) is 3.80. The molecule has 2 unspecified atom stereocenters. The van der Waals surface area contributed by atoms with E-state index < -0.39 is 22.8 Å². The van der Waals surface area contributed by atoms with Crippen LogP contribution in [0.4, 0.5) is 5.69 Å². The molecule has 0 saturated carbocycles. The van der Waals surface area contributed by atoms with Crippen LogP contribution in [0.25, 0.3) is 10.8 Å². The molecule has 0 saturated heterocycles. The van der Waals surface area contributed by atoms with Gasteiger partial charge in [0, 0.05) is 11.1 Å². The summed E-state index contributed by atoms with van der Waals surface area (Å²) in [4.78, 5) is 17.5.